The molecule has 4 heteroatoms. The van der Waals surface area contributed by atoms with Gasteiger partial charge < -0.3 is 4.89 Å². The third-order valence-electron chi connectivity index (χ3n) is 3.70. The van der Waals surface area contributed by atoms with Gasteiger partial charge in [-0.2, -0.15) is 0 Å². The predicted octanol–water partition coefficient (Wildman–Crippen LogP) is 7.64. The molecule has 0 aromatic heterocycles. The molecule has 0 aliphatic rings. The molecular weight excluding hydrogens is 366 g/mol. The maximum absolute atomic E-state index is 8.71. The molecular formula is C24H29NO2S. The van der Waals surface area contributed by atoms with Gasteiger partial charge in [0.15, 0.2) is 5.75 Å². The van der Waals surface area contributed by atoms with Gasteiger partial charge in [0.05, 0.1) is 10.7 Å². The molecule has 2 aromatic rings. The van der Waals surface area contributed by atoms with Crippen LogP contribution in [0.3, 0.4) is 0 Å². The molecule has 2 aromatic carbocycles. The van der Waals surface area contributed by atoms with Gasteiger partial charge in [0.1, 0.15) is 0 Å². The normalized spacial score (nSPS) is 12.6. The minimum atomic E-state index is 0.403. The Bertz CT molecular complexity index is 815. The predicted molar refractivity (Wildman–Crippen MR) is 123 cm³/mol. The summed E-state index contributed by atoms with van der Waals surface area (Å²) in [6, 6.07) is 17.4. The van der Waals surface area contributed by atoms with Gasteiger partial charge in [-0.15, -0.1) is 0 Å². The number of allylic oxidation sites excluding steroid dienone is 5. The Hall–Kier alpha value is -2.56. The number of nitrogens with zero attached hydrogens (tertiary/aromatic N) is 1. The molecule has 3 nitrogen and oxygen atoms in total. The monoisotopic (exact) mass is 395 g/mol. The summed E-state index contributed by atoms with van der Waals surface area (Å²) >= 11 is 1.63. The molecule has 0 saturated heterocycles. The van der Waals surface area contributed by atoms with E-state index in [1.807, 2.05) is 89.3 Å². The second kappa shape index (κ2) is 13.6. The minimum Gasteiger partial charge on any atom is -0.340 e. The van der Waals surface area contributed by atoms with E-state index >= 15 is 0 Å². The summed E-state index contributed by atoms with van der Waals surface area (Å²) in [5, 5.41) is 9.66. The highest BCUT2D eigenvalue weighted by Gasteiger charge is 2.04. The second-order valence-electron chi connectivity index (χ2n) is 5.89. The van der Waals surface area contributed by atoms with Crippen molar-refractivity contribution in [2.75, 3.05) is 0 Å². The van der Waals surface area contributed by atoms with Crippen LogP contribution in [0.5, 0.6) is 5.75 Å². The van der Waals surface area contributed by atoms with E-state index in [1.165, 1.54) is 0 Å². The van der Waals surface area contributed by atoms with E-state index in [4.69, 9.17) is 10.2 Å². The molecule has 0 aliphatic heterocycles. The fourth-order valence-electron chi connectivity index (χ4n) is 2.02. The van der Waals surface area contributed by atoms with Crippen LogP contribution >= 0.6 is 11.8 Å². The fourth-order valence-corrected chi connectivity index (χ4v) is 2.80. The quantitative estimate of drug-likeness (QED) is 0.108. The van der Waals surface area contributed by atoms with Crippen LogP contribution in [0.25, 0.3) is 5.70 Å². The van der Waals surface area contributed by atoms with Crippen LogP contribution in [0.15, 0.2) is 94.4 Å². The van der Waals surface area contributed by atoms with Gasteiger partial charge in [0, 0.05) is 10.5 Å². The van der Waals surface area contributed by atoms with Gasteiger partial charge >= 0.3 is 0 Å². The molecule has 0 fully saturated rings. The lowest BCUT2D eigenvalue weighted by Gasteiger charge is -2.07. The standard InChI is InChI=1S/C20H21NO2S.C4H8/c1-4-15(2)14-20(17-10-12-18(23-22)13-11-17)21-16(3)24-19-8-6-5-7-9-19;1-3-4-2/h4-14,22H,1-3H3;3-4H,1-2H3/b15-4-,20-14-,21-16?;4-3-. The van der Waals surface area contributed by atoms with E-state index in [9.17, 15) is 0 Å². The van der Waals surface area contributed by atoms with Gasteiger partial charge in [-0.1, -0.05) is 53.8 Å². The molecule has 0 aliphatic carbocycles. The molecule has 0 atom stereocenters. The smallest absolute Gasteiger partial charge is 0.165 e. The van der Waals surface area contributed by atoms with E-state index in [-0.39, 0.29) is 0 Å². The number of benzene rings is 2. The van der Waals surface area contributed by atoms with Gasteiger partial charge in [0.2, 0.25) is 0 Å². The van der Waals surface area contributed by atoms with Crippen molar-refractivity contribution in [3.8, 4) is 5.75 Å². The van der Waals surface area contributed by atoms with Crippen LogP contribution in [-0.2, 0) is 0 Å². The van der Waals surface area contributed by atoms with Crippen molar-refractivity contribution in [1.29, 1.82) is 0 Å². The van der Waals surface area contributed by atoms with Crippen LogP contribution in [0.1, 0.15) is 40.2 Å². The minimum absolute atomic E-state index is 0.403. The van der Waals surface area contributed by atoms with Gasteiger partial charge in [-0.05, 0) is 77.1 Å². The Kier molecular flexibility index (Phi) is 11.4. The summed E-state index contributed by atoms with van der Waals surface area (Å²) in [5.74, 6) is 0.403. The lowest BCUT2D eigenvalue weighted by Crippen LogP contribution is -1.90. The highest BCUT2D eigenvalue weighted by molar-refractivity contribution is 8.13. The Balaban J connectivity index is 0.000000892. The van der Waals surface area contributed by atoms with Crippen molar-refractivity contribution in [3.05, 3.63) is 90.0 Å². The molecule has 0 spiro atoms. The molecule has 0 unspecified atom stereocenters. The van der Waals surface area contributed by atoms with Crippen molar-refractivity contribution in [1.82, 2.24) is 0 Å². The first-order chi connectivity index (χ1) is 13.5. The molecule has 148 valence electrons. The van der Waals surface area contributed by atoms with Crippen molar-refractivity contribution in [3.63, 3.8) is 0 Å². The topological polar surface area (TPSA) is 41.8 Å². The van der Waals surface area contributed by atoms with E-state index in [2.05, 4.69) is 17.0 Å². The average molecular weight is 396 g/mol. The fraction of sp³-hybridized carbons (Fsp3) is 0.208. The summed E-state index contributed by atoms with van der Waals surface area (Å²) in [6.07, 6.45) is 8.09. The SMILES string of the molecule is C/C=C(C)\C=C(/N=C(C)Sc1ccccc1)c1ccc(OO)cc1.C/C=C\C. The highest BCUT2D eigenvalue weighted by Crippen LogP contribution is 2.25. The highest BCUT2D eigenvalue weighted by atomic mass is 32.2. The molecule has 0 radical (unpaired) electrons. The van der Waals surface area contributed by atoms with Crippen LogP contribution in [0.2, 0.25) is 0 Å². The Morgan fingerprint density at radius 3 is 2.04 bits per heavy atom. The molecule has 28 heavy (non-hydrogen) atoms. The van der Waals surface area contributed by atoms with Gasteiger partial charge in [-0.3, -0.25) is 0 Å². The summed E-state index contributed by atoms with van der Waals surface area (Å²) in [5.41, 5.74) is 2.97. The lowest BCUT2D eigenvalue weighted by molar-refractivity contribution is -0.137. The van der Waals surface area contributed by atoms with Crippen LogP contribution in [0, 0.1) is 0 Å². The molecule has 2 rings (SSSR count). The zero-order valence-corrected chi connectivity index (χ0v) is 18.0. The zero-order valence-electron chi connectivity index (χ0n) is 17.2. The Morgan fingerprint density at radius 2 is 1.54 bits per heavy atom. The third kappa shape index (κ3) is 8.89. The Labute approximate surface area is 173 Å². The summed E-state index contributed by atoms with van der Waals surface area (Å²) in [7, 11) is 0. The number of thioether (sulfide) groups is 1. The molecule has 0 heterocycles. The zero-order chi connectivity index (χ0) is 20.8. The van der Waals surface area contributed by atoms with Gasteiger partial charge in [0.25, 0.3) is 0 Å². The van der Waals surface area contributed by atoms with Crippen molar-refractivity contribution in [2.24, 2.45) is 4.99 Å². The van der Waals surface area contributed by atoms with Crippen LogP contribution < -0.4 is 4.89 Å². The van der Waals surface area contributed by atoms with Crippen molar-refractivity contribution < 1.29 is 10.1 Å². The number of hydrogen-bond donors (Lipinski definition) is 1. The number of hydrogen-bond acceptors (Lipinski definition) is 4. The maximum Gasteiger partial charge on any atom is 0.165 e. The summed E-state index contributed by atoms with van der Waals surface area (Å²) in [4.78, 5) is 10.2. The third-order valence-corrected chi connectivity index (χ3v) is 4.59. The Morgan fingerprint density at radius 1 is 0.929 bits per heavy atom. The molecule has 0 bridgehead atoms. The lowest BCUT2D eigenvalue weighted by atomic mass is 10.1. The van der Waals surface area contributed by atoms with E-state index in [0.29, 0.717) is 5.75 Å². The first-order valence-corrected chi connectivity index (χ1v) is 9.97. The summed E-state index contributed by atoms with van der Waals surface area (Å²) < 4.78 is 0. The molecule has 0 amide bonds. The van der Waals surface area contributed by atoms with Crippen LogP contribution in [0.4, 0.5) is 0 Å². The average Bonchev–Trinajstić information content (AvgIpc) is 2.74. The number of rotatable bonds is 5. The van der Waals surface area contributed by atoms with E-state index < -0.39 is 0 Å². The molecule has 1 N–H and O–H groups in total. The first kappa shape index (κ1) is 23.5. The number of aliphatic imine (C=N–C) groups is 1. The summed E-state index contributed by atoms with van der Waals surface area (Å²) in [6.45, 7) is 10.0. The van der Waals surface area contributed by atoms with Crippen molar-refractivity contribution >= 4 is 22.5 Å². The van der Waals surface area contributed by atoms with E-state index in [0.717, 1.165) is 26.8 Å². The second-order valence-corrected chi connectivity index (χ2v) is 7.16. The van der Waals surface area contributed by atoms with Crippen LogP contribution in [-0.4, -0.2) is 10.3 Å². The first-order valence-electron chi connectivity index (χ1n) is 9.16. The largest absolute Gasteiger partial charge is 0.340 e. The van der Waals surface area contributed by atoms with Gasteiger partial charge in [-0.25, -0.2) is 10.2 Å². The maximum atomic E-state index is 8.71. The molecule has 0 saturated carbocycles. The van der Waals surface area contributed by atoms with E-state index in [1.54, 1.807) is 23.9 Å². The van der Waals surface area contributed by atoms with Crippen molar-refractivity contribution in [2.45, 2.75) is 39.5 Å².